The van der Waals surface area contributed by atoms with Gasteiger partial charge in [-0.3, -0.25) is 9.78 Å². The molecule has 1 amide bonds. The number of rotatable bonds is 3. The van der Waals surface area contributed by atoms with Gasteiger partial charge in [-0.15, -0.1) is 11.3 Å². The number of aryl methyl sites for hydroxylation is 1. The Hall–Kier alpha value is -2.77. The van der Waals surface area contributed by atoms with Crippen LogP contribution >= 0.6 is 22.7 Å². The van der Waals surface area contributed by atoms with Crippen LogP contribution in [0.1, 0.15) is 16.1 Å². The third kappa shape index (κ3) is 3.52. The lowest BCUT2D eigenvalue weighted by Crippen LogP contribution is -2.48. The first-order chi connectivity index (χ1) is 14.2. The van der Waals surface area contributed by atoms with Gasteiger partial charge in [0.15, 0.2) is 5.13 Å². The largest absolute Gasteiger partial charge is 0.345 e. The van der Waals surface area contributed by atoms with E-state index in [-0.39, 0.29) is 5.91 Å². The number of amides is 1. The lowest BCUT2D eigenvalue weighted by atomic mass is 10.1. The van der Waals surface area contributed by atoms with Crippen molar-refractivity contribution < 1.29 is 4.79 Å². The molecule has 1 aliphatic rings. The average Bonchev–Trinajstić information content (AvgIpc) is 3.45. The fraction of sp³-hybridized carbons (Fsp3) is 0.227. The zero-order chi connectivity index (χ0) is 19.8. The maximum Gasteiger partial charge on any atom is 0.256 e. The fourth-order valence-electron chi connectivity index (χ4n) is 3.64. The van der Waals surface area contributed by atoms with E-state index in [1.807, 2.05) is 42.2 Å². The number of carbonyl (C=O) groups excluding carboxylic acids is 1. The topological polar surface area (TPSA) is 49.3 Å². The molecule has 7 heteroatoms. The minimum absolute atomic E-state index is 0.0615. The quantitative estimate of drug-likeness (QED) is 0.482. The Bertz CT molecular complexity index is 1160. The van der Waals surface area contributed by atoms with Gasteiger partial charge < -0.3 is 9.80 Å². The molecule has 0 unspecified atom stereocenters. The molecule has 146 valence electrons. The molecule has 1 saturated heterocycles. The van der Waals surface area contributed by atoms with Crippen molar-refractivity contribution in [2.45, 2.75) is 6.92 Å². The molecule has 0 N–H and O–H groups in total. The Labute approximate surface area is 177 Å². The van der Waals surface area contributed by atoms with E-state index in [9.17, 15) is 4.79 Å². The summed E-state index contributed by atoms with van der Waals surface area (Å²) in [6.45, 7) is 4.92. The number of thiazole rings is 1. The van der Waals surface area contributed by atoms with Gasteiger partial charge in [0.2, 0.25) is 0 Å². The highest BCUT2D eigenvalue weighted by molar-refractivity contribution is 7.14. The normalized spacial score (nSPS) is 14.5. The summed E-state index contributed by atoms with van der Waals surface area (Å²) in [5.41, 5.74) is 4.61. The van der Waals surface area contributed by atoms with Crippen LogP contribution < -0.4 is 4.90 Å². The van der Waals surface area contributed by atoms with Crippen molar-refractivity contribution in [1.82, 2.24) is 14.9 Å². The van der Waals surface area contributed by atoms with Gasteiger partial charge in [0.05, 0.1) is 16.8 Å². The van der Waals surface area contributed by atoms with Gasteiger partial charge in [0, 0.05) is 53.6 Å². The van der Waals surface area contributed by atoms with E-state index in [4.69, 9.17) is 4.98 Å². The van der Waals surface area contributed by atoms with Gasteiger partial charge in [-0.05, 0) is 30.5 Å². The highest BCUT2D eigenvalue weighted by Crippen LogP contribution is 2.29. The molecular weight excluding hydrogens is 400 g/mol. The first-order valence-corrected chi connectivity index (χ1v) is 11.4. The van der Waals surface area contributed by atoms with Crippen molar-refractivity contribution in [2.24, 2.45) is 0 Å². The molecule has 0 radical (unpaired) electrons. The molecule has 4 heterocycles. The molecule has 29 heavy (non-hydrogen) atoms. The van der Waals surface area contributed by atoms with Gasteiger partial charge in [-0.25, -0.2) is 4.98 Å². The number of fused-ring (bicyclic) bond motifs is 1. The number of para-hydroxylation sites is 1. The summed E-state index contributed by atoms with van der Waals surface area (Å²) in [7, 11) is 0. The first-order valence-electron chi connectivity index (χ1n) is 9.58. The summed E-state index contributed by atoms with van der Waals surface area (Å²) in [5.74, 6) is 0.0615. The van der Waals surface area contributed by atoms with E-state index in [1.165, 1.54) is 5.56 Å². The Kier molecular flexibility index (Phi) is 4.77. The predicted octanol–water partition coefficient (Wildman–Crippen LogP) is 4.69. The summed E-state index contributed by atoms with van der Waals surface area (Å²) in [5, 5.41) is 8.33. The minimum atomic E-state index is 0.0615. The lowest BCUT2D eigenvalue weighted by Gasteiger charge is -2.34. The Morgan fingerprint density at radius 1 is 1.00 bits per heavy atom. The molecule has 4 aromatic rings. The van der Waals surface area contributed by atoms with Crippen molar-refractivity contribution >= 4 is 44.6 Å². The smallest absolute Gasteiger partial charge is 0.256 e. The number of hydrogen-bond acceptors (Lipinski definition) is 6. The second kappa shape index (κ2) is 7.57. The number of anilines is 1. The van der Waals surface area contributed by atoms with E-state index < -0.39 is 0 Å². The van der Waals surface area contributed by atoms with E-state index in [2.05, 4.69) is 32.1 Å². The summed E-state index contributed by atoms with van der Waals surface area (Å²) < 4.78 is 0. The number of benzene rings is 1. The highest BCUT2D eigenvalue weighted by Gasteiger charge is 2.25. The van der Waals surface area contributed by atoms with Gasteiger partial charge >= 0.3 is 0 Å². The van der Waals surface area contributed by atoms with Crippen molar-refractivity contribution in [3.05, 3.63) is 63.8 Å². The maximum absolute atomic E-state index is 13.2. The molecule has 0 spiro atoms. The van der Waals surface area contributed by atoms with E-state index in [1.54, 1.807) is 22.7 Å². The van der Waals surface area contributed by atoms with Crippen LogP contribution in [0.25, 0.3) is 22.2 Å². The standard InChI is InChI=1S/C22H20N4OS2/c1-15-5-6-16-3-2-4-18(20(16)23-15)21(27)25-8-10-26(11-9-25)22-24-19(14-29-22)17-7-12-28-13-17/h2-7,12-14H,8-11H2,1H3. The lowest BCUT2D eigenvalue weighted by molar-refractivity contribution is 0.0748. The number of pyridine rings is 1. The number of hydrogen-bond donors (Lipinski definition) is 0. The van der Waals surface area contributed by atoms with Crippen LogP contribution in [0.4, 0.5) is 5.13 Å². The zero-order valence-electron chi connectivity index (χ0n) is 16.0. The molecular formula is C22H20N4OS2. The third-order valence-corrected chi connectivity index (χ3v) is 6.82. The second-order valence-electron chi connectivity index (χ2n) is 7.14. The summed E-state index contributed by atoms with van der Waals surface area (Å²) >= 11 is 3.35. The van der Waals surface area contributed by atoms with Crippen molar-refractivity contribution in [1.29, 1.82) is 0 Å². The second-order valence-corrected chi connectivity index (χ2v) is 8.75. The number of carbonyl (C=O) groups is 1. The predicted molar refractivity (Wildman–Crippen MR) is 120 cm³/mol. The van der Waals surface area contributed by atoms with Crippen molar-refractivity contribution in [3.63, 3.8) is 0 Å². The highest BCUT2D eigenvalue weighted by atomic mass is 32.1. The molecule has 0 saturated carbocycles. The molecule has 3 aromatic heterocycles. The van der Waals surface area contributed by atoms with Crippen molar-refractivity contribution in [3.8, 4) is 11.3 Å². The van der Waals surface area contributed by atoms with Crippen LogP contribution in [0.2, 0.25) is 0 Å². The van der Waals surface area contributed by atoms with Crippen LogP contribution in [-0.2, 0) is 0 Å². The van der Waals surface area contributed by atoms with E-state index in [0.717, 1.165) is 40.5 Å². The molecule has 0 aliphatic carbocycles. The summed E-state index contributed by atoms with van der Waals surface area (Å²) in [6, 6.07) is 11.9. The SMILES string of the molecule is Cc1ccc2cccc(C(=O)N3CCN(c4nc(-c5ccsc5)cs4)CC3)c2n1. The van der Waals surface area contributed by atoms with E-state index >= 15 is 0 Å². The van der Waals surface area contributed by atoms with Crippen LogP contribution in [0, 0.1) is 6.92 Å². The molecule has 5 rings (SSSR count). The number of aromatic nitrogens is 2. The maximum atomic E-state index is 13.2. The van der Waals surface area contributed by atoms with Crippen LogP contribution in [-0.4, -0.2) is 47.0 Å². The first kappa shape index (κ1) is 18.3. The molecule has 0 atom stereocenters. The Morgan fingerprint density at radius 3 is 2.66 bits per heavy atom. The number of thiophene rings is 1. The molecule has 1 aromatic carbocycles. The Balaban J connectivity index is 1.31. The summed E-state index contributed by atoms with van der Waals surface area (Å²) in [6.07, 6.45) is 0. The molecule has 1 aliphatic heterocycles. The number of nitrogens with zero attached hydrogens (tertiary/aromatic N) is 4. The van der Waals surface area contributed by atoms with Gasteiger partial charge in [0.25, 0.3) is 5.91 Å². The fourth-order valence-corrected chi connectivity index (χ4v) is 5.18. The average molecular weight is 421 g/mol. The van der Waals surface area contributed by atoms with Gasteiger partial charge in [0.1, 0.15) is 0 Å². The van der Waals surface area contributed by atoms with Gasteiger partial charge in [-0.1, -0.05) is 18.2 Å². The monoisotopic (exact) mass is 420 g/mol. The number of piperazine rings is 1. The van der Waals surface area contributed by atoms with E-state index in [0.29, 0.717) is 18.7 Å². The van der Waals surface area contributed by atoms with Crippen LogP contribution in [0.5, 0.6) is 0 Å². The molecule has 1 fully saturated rings. The Morgan fingerprint density at radius 2 is 1.86 bits per heavy atom. The zero-order valence-corrected chi connectivity index (χ0v) is 17.7. The minimum Gasteiger partial charge on any atom is -0.345 e. The van der Waals surface area contributed by atoms with Crippen LogP contribution in [0.3, 0.4) is 0 Å². The van der Waals surface area contributed by atoms with Crippen molar-refractivity contribution in [2.75, 3.05) is 31.1 Å². The molecule has 5 nitrogen and oxygen atoms in total. The summed E-state index contributed by atoms with van der Waals surface area (Å²) in [4.78, 5) is 26.8. The van der Waals surface area contributed by atoms with Crippen LogP contribution in [0.15, 0.2) is 52.5 Å². The third-order valence-electron chi connectivity index (χ3n) is 5.24. The molecule has 0 bridgehead atoms. The van der Waals surface area contributed by atoms with Gasteiger partial charge in [-0.2, -0.15) is 11.3 Å².